The van der Waals surface area contributed by atoms with Crippen LogP contribution < -0.4 is 10.6 Å². The maximum Gasteiger partial charge on any atom is 0.0664 e. The van der Waals surface area contributed by atoms with E-state index in [0.29, 0.717) is 13.1 Å². The van der Waals surface area contributed by atoms with Crippen LogP contribution in [0.25, 0.3) is 0 Å². The Bertz CT molecular complexity index is 485. The molecule has 0 aliphatic carbocycles. The third kappa shape index (κ3) is 25.4. The van der Waals surface area contributed by atoms with Gasteiger partial charge in [-0.25, -0.2) is 0 Å². The van der Waals surface area contributed by atoms with Gasteiger partial charge in [0, 0.05) is 39.3 Å². The van der Waals surface area contributed by atoms with Gasteiger partial charge in [-0.1, -0.05) is 62.5 Å². The average molecular weight is 478 g/mol. The van der Waals surface area contributed by atoms with Crippen molar-refractivity contribution >= 4 is 0 Å². The van der Waals surface area contributed by atoms with Gasteiger partial charge in [0.15, 0.2) is 0 Å². The van der Waals surface area contributed by atoms with E-state index in [0.717, 1.165) is 90.4 Å². The number of rotatable bonds is 24. The molecule has 0 heterocycles. The Morgan fingerprint density at radius 2 is 1.06 bits per heavy atom. The van der Waals surface area contributed by atoms with Gasteiger partial charge < -0.3 is 25.7 Å². The molecule has 0 amide bonds. The second kappa shape index (κ2) is 26.4. The molecule has 0 aromatic heterocycles. The number of likely N-dealkylation sites (N-methyl/N-ethyl adjacent to an activating group) is 1. The van der Waals surface area contributed by atoms with Crippen LogP contribution in [0, 0.1) is 0 Å². The second-order valence-corrected chi connectivity index (χ2v) is 9.05. The molecule has 2 unspecified atom stereocenters. The first kappa shape index (κ1) is 32.8. The Balaban J connectivity index is 3.52. The van der Waals surface area contributed by atoms with E-state index < -0.39 is 0 Å². The molecule has 0 aliphatic heterocycles. The van der Waals surface area contributed by atoms with Gasteiger partial charge in [0.1, 0.15) is 0 Å². The maximum atomic E-state index is 10.1. The number of hydrogen-bond donors (Lipinski definition) is 4. The highest BCUT2D eigenvalue weighted by atomic mass is 16.3. The number of aliphatic hydroxyl groups excluding tert-OH is 2. The van der Waals surface area contributed by atoms with Crippen molar-refractivity contribution in [2.75, 3.05) is 46.3 Å². The minimum atomic E-state index is -0.268. The molecule has 0 rings (SSSR count). The lowest BCUT2D eigenvalue weighted by atomic mass is 10.1. The van der Waals surface area contributed by atoms with E-state index in [9.17, 15) is 10.2 Å². The lowest BCUT2D eigenvalue weighted by Gasteiger charge is -2.19. The van der Waals surface area contributed by atoms with E-state index in [1.807, 2.05) is 0 Å². The summed E-state index contributed by atoms with van der Waals surface area (Å²) in [7, 11) is 2.11. The van der Waals surface area contributed by atoms with Crippen LogP contribution >= 0.6 is 0 Å². The quantitative estimate of drug-likeness (QED) is 0.117. The highest BCUT2D eigenvalue weighted by molar-refractivity contribution is 4.93. The van der Waals surface area contributed by atoms with Crippen LogP contribution in [-0.2, 0) is 0 Å². The highest BCUT2D eigenvalue weighted by Gasteiger charge is 2.05. The minimum Gasteiger partial charge on any atom is -0.392 e. The minimum absolute atomic E-state index is 0.268. The first-order valence-corrected chi connectivity index (χ1v) is 13.7. The van der Waals surface area contributed by atoms with E-state index >= 15 is 0 Å². The summed E-state index contributed by atoms with van der Waals surface area (Å²) < 4.78 is 0. The summed E-state index contributed by atoms with van der Waals surface area (Å²) in [6, 6.07) is 0. The summed E-state index contributed by atoms with van der Waals surface area (Å²) in [5.74, 6) is 0. The first-order valence-electron chi connectivity index (χ1n) is 13.7. The van der Waals surface area contributed by atoms with E-state index in [1.54, 1.807) is 0 Å². The first-order chi connectivity index (χ1) is 16.6. The van der Waals surface area contributed by atoms with Crippen LogP contribution in [0.2, 0.25) is 0 Å². The third-order valence-corrected chi connectivity index (χ3v) is 5.60. The molecule has 0 saturated carbocycles. The van der Waals surface area contributed by atoms with Gasteiger partial charge in [0.2, 0.25) is 0 Å². The summed E-state index contributed by atoms with van der Waals surface area (Å²) in [4.78, 5) is 2.27. The van der Waals surface area contributed by atoms with Crippen molar-refractivity contribution in [2.24, 2.45) is 0 Å². The molecular weight excluding hydrogens is 422 g/mol. The van der Waals surface area contributed by atoms with Crippen LogP contribution in [0.4, 0.5) is 0 Å². The van der Waals surface area contributed by atoms with E-state index in [4.69, 9.17) is 0 Å². The number of nitrogens with one attached hydrogen (secondary N) is 2. The lowest BCUT2D eigenvalue weighted by molar-refractivity contribution is 0.156. The number of hydrogen-bond acceptors (Lipinski definition) is 5. The van der Waals surface area contributed by atoms with Gasteiger partial charge in [-0.15, -0.1) is 0 Å². The Morgan fingerprint density at radius 1 is 0.647 bits per heavy atom. The smallest absolute Gasteiger partial charge is 0.0664 e. The number of nitrogens with zero attached hydrogens (tertiary/aromatic N) is 1. The molecule has 5 heteroatoms. The number of aliphatic hydroxyl groups is 2. The summed E-state index contributed by atoms with van der Waals surface area (Å²) in [5.41, 5.74) is 0. The normalized spacial score (nSPS) is 14.5. The summed E-state index contributed by atoms with van der Waals surface area (Å²) >= 11 is 0. The Labute approximate surface area is 211 Å². The van der Waals surface area contributed by atoms with Crippen LogP contribution in [0.1, 0.15) is 78.1 Å². The molecule has 198 valence electrons. The standard InChI is InChI=1S/C29H55N3O2/c1-4-6-8-10-12-14-16-18-20-28(33)26-30-22-24-32(3)25-23-31-27-29(34)21-19-17-15-13-11-9-7-5-2/h6-9,12-15,28-31,33-34H,4-5,10-11,16-27H2,1-3H3/b8-6-,9-7-,14-12-,15-13-. The zero-order valence-corrected chi connectivity index (χ0v) is 22.4. The van der Waals surface area contributed by atoms with Crippen LogP contribution in [-0.4, -0.2) is 73.6 Å². The van der Waals surface area contributed by atoms with Crippen LogP contribution in [0.5, 0.6) is 0 Å². The molecule has 0 radical (unpaired) electrons. The zero-order valence-electron chi connectivity index (χ0n) is 22.4. The van der Waals surface area contributed by atoms with Crippen molar-refractivity contribution in [3.63, 3.8) is 0 Å². The summed E-state index contributed by atoms with van der Waals surface area (Å²) in [6.45, 7) is 9.26. The molecule has 0 saturated heterocycles. The largest absolute Gasteiger partial charge is 0.392 e. The highest BCUT2D eigenvalue weighted by Crippen LogP contribution is 2.03. The number of unbranched alkanes of at least 4 members (excludes halogenated alkanes) is 2. The molecule has 0 aromatic rings. The zero-order chi connectivity index (χ0) is 25.1. The van der Waals surface area contributed by atoms with E-state index in [2.05, 4.69) is 85.0 Å². The van der Waals surface area contributed by atoms with Gasteiger partial charge in [-0.2, -0.15) is 0 Å². The van der Waals surface area contributed by atoms with E-state index in [-0.39, 0.29) is 12.2 Å². The molecule has 2 atom stereocenters. The number of allylic oxidation sites excluding steroid dienone is 8. The molecule has 0 aromatic carbocycles. The van der Waals surface area contributed by atoms with Crippen molar-refractivity contribution in [3.8, 4) is 0 Å². The van der Waals surface area contributed by atoms with Crippen molar-refractivity contribution < 1.29 is 10.2 Å². The molecule has 34 heavy (non-hydrogen) atoms. The van der Waals surface area contributed by atoms with Crippen molar-refractivity contribution in [1.82, 2.24) is 15.5 Å². The van der Waals surface area contributed by atoms with Gasteiger partial charge in [0.05, 0.1) is 12.2 Å². The fourth-order valence-corrected chi connectivity index (χ4v) is 3.45. The molecule has 0 bridgehead atoms. The lowest BCUT2D eigenvalue weighted by Crippen LogP contribution is -2.38. The van der Waals surface area contributed by atoms with Crippen LogP contribution in [0.3, 0.4) is 0 Å². The SMILES string of the molecule is CC/C=C\C/C=C\CCCC(O)CNCCN(C)CCNCC(O)CCC/C=C\C/C=C\CC. The summed E-state index contributed by atoms with van der Waals surface area (Å²) in [6.07, 6.45) is 27.1. The second-order valence-electron chi connectivity index (χ2n) is 9.05. The molecule has 0 spiro atoms. The fraction of sp³-hybridized carbons (Fsp3) is 0.724. The summed E-state index contributed by atoms with van der Waals surface area (Å²) in [5, 5.41) is 26.9. The van der Waals surface area contributed by atoms with Gasteiger partial charge in [-0.05, 0) is 71.3 Å². The molecule has 5 nitrogen and oxygen atoms in total. The maximum absolute atomic E-state index is 10.1. The third-order valence-electron chi connectivity index (χ3n) is 5.60. The molecule has 0 fully saturated rings. The van der Waals surface area contributed by atoms with E-state index in [1.165, 1.54) is 0 Å². The fourth-order valence-electron chi connectivity index (χ4n) is 3.45. The van der Waals surface area contributed by atoms with Crippen molar-refractivity contribution in [1.29, 1.82) is 0 Å². The predicted octanol–water partition coefficient (Wildman–Crippen LogP) is 4.98. The molecule has 4 N–H and O–H groups in total. The molecule has 0 aliphatic rings. The topological polar surface area (TPSA) is 67.8 Å². The van der Waals surface area contributed by atoms with Gasteiger partial charge in [0.25, 0.3) is 0 Å². The van der Waals surface area contributed by atoms with Gasteiger partial charge in [-0.3, -0.25) is 0 Å². The Morgan fingerprint density at radius 3 is 1.47 bits per heavy atom. The molecular formula is C29H55N3O2. The van der Waals surface area contributed by atoms with Crippen molar-refractivity contribution in [3.05, 3.63) is 48.6 Å². The van der Waals surface area contributed by atoms with Crippen molar-refractivity contribution in [2.45, 2.75) is 90.3 Å². The van der Waals surface area contributed by atoms with Gasteiger partial charge >= 0.3 is 0 Å². The average Bonchev–Trinajstić information content (AvgIpc) is 2.83. The Kier molecular flexibility index (Phi) is 25.4. The van der Waals surface area contributed by atoms with Crippen LogP contribution in [0.15, 0.2) is 48.6 Å². The monoisotopic (exact) mass is 477 g/mol. The predicted molar refractivity (Wildman–Crippen MR) is 149 cm³/mol. The Hall–Kier alpha value is -1.24.